The lowest BCUT2D eigenvalue weighted by Crippen LogP contribution is -2.51. The Hall–Kier alpha value is -2.90. The van der Waals surface area contributed by atoms with E-state index in [1.807, 2.05) is 0 Å². The van der Waals surface area contributed by atoms with Crippen LogP contribution in [0.4, 0.5) is 0 Å². The second-order valence-corrected chi connectivity index (χ2v) is 9.30. The van der Waals surface area contributed by atoms with Gasteiger partial charge in [-0.25, -0.2) is 4.79 Å². The molecule has 1 aromatic carbocycles. The Bertz CT molecular complexity index is 941. The Morgan fingerprint density at radius 1 is 1.06 bits per heavy atom. The monoisotopic (exact) mass is 456 g/mol. The topological polar surface area (TPSA) is 93.2 Å². The normalized spacial score (nSPS) is 26.1. The zero-order valence-corrected chi connectivity index (χ0v) is 19.4. The number of amides is 3. The number of ether oxygens (including phenoxy) is 2. The molecule has 4 rings (SSSR count). The molecule has 1 aromatic rings. The molecule has 2 atom stereocenters. The van der Waals surface area contributed by atoms with E-state index in [-0.39, 0.29) is 36.6 Å². The van der Waals surface area contributed by atoms with Crippen LogP contribution in [-0.2, 0) is 29.3 Å². The van der Waals surface area contributed by atoms with Crippen molar-refractivity contribution in [3.8, 4) is 5.75 Å². The summed E-state index contributed by atoms with van der Waals surface area (Å²) in [7, 11) is 2.86. The fourth-order valence-electron chi connectivity index (χ4n) is 5.65. The van der Waals surface area contributed by atoms with Crippen LogP contribution in [0.25, 0.3) is 0 Å². The van der Waals surface area contributed by atoms with Crippen molar-refractivity contribution < 1.29 is 28.7 Å². The maximum Gasteiger partial charge on any atom is 0.328 e. The first kappa shape index (κ1) is 23.3. The number of hydrogen-bond donors (Lipinski definition) is 0. The van der Waals surface area contributed by atoms with Crippen LogP contribution in [0.3, 0.4) is 0 Å². The SMILES string of the molecule is COC(=O)[C@@H]1CCCCN1C(=O)C[C@]1(c2cccc(OC)c2)CC(=O)N(C2CCCC2)C1=O. The number of imide groups is 1. The summed E-state index contributed by atoms with van der Waals surface area (Å²) in [6.07, 6.45) is 5.50. The second kappa shape index (κ2) is 9.53. The Morgan fingerprint density at radius 3 is 2.48 bits per heavy atom. The number of benzene rings is 1. The highest BCUT2D eigenvalue weighted by Crippen LogP contribution is 2.44. The molecule has 0 spiro atoms. The predicted molar refractivity (Wildman–Crippen MR) is 119 cm³/mol. The summed E-state index contributed by atoms with van der Waals surface area (Å²) in [5.41, 5.74) is -0.704. The molecular weight excluding hydrogens is 424 g/mol. The number of likely N-dealkylation sites (tertiary alicyclic amines) is 2. The summed E-state index contributed by atoms with van der Waals surface area (Å²) in [6, 6.07) is 6.31. The van der Waals surface area contributed by atoms with Crippen molar-refractivity contribution in [3.05, 3.63) is 29.8 Å². The molecule has 2 heterocycles. The third-order valence-electron chi connectivity index (χ3n) is 7.41. The van der Waals surface area contributed by atoms with Crippen LogP contribution in [0, 0.1) is 0 Å². The number of nitrogens with zero attached hydrogens (tertiary/aromatic N) is 2. The van der Waals surface area contributed by atoms with Gasteiger partial charge >= 0.3 is 5.97 Å². The molecule has 178 valence electrons. The second-order valence-electron chi connectivity index (χ2n) is 9.30. The lowest BCUT2D eigenvalue weighted by molar-refractivity contribution is -0.155. The lowest BCUT2D eigenvalue weighted by Gasteiger charge is -2.36. The van der Waals surface area contributed by atoms with E-state index in [4.69, 9.17) is 9.47 Å². The van der Waals surface area contributed by atoms with E-state index in [0.717, 1.165) is 38.5 Å². The third kappa shape index (κ3) is 4.23. The van der Waals surface area contributed by atoms with Gasteiger partial charge in [0.15, 0.2) is 0 Å². The number of rotatable bonds is 6. The minimum Gasteiger partial charge on any atom is -0.497 e. The minimum atomic E-state index is -1.30. The van der Waals surface area contributed by atoms with Crippen molar-refractivity contribution in [2.75, 3.05) is 20.8 Å². The zero-order chi connectivity index (χ0) is 23.6. The molecule has 2 aliphatic heterocycles. The van der Waals surface area contributed by atoms with Crippen molar-refractivity contribution in [3.63, 3.8) is 0 Å². The smallest absolute Gasteiger partial charge is 0.328 e. The van der Waals surface area contributed by atoms with Crippen LogP contribution in [0.2, 0.25) is 0 Å². The van der Waals surface area contributed by atoms with Gasteiger partial charge in [-0.3, -0.25) is 19.3 Å². The quantitative estimate of drug-likeness (QED) is 0.483. The number of hydrogen-bond acceptors (Lipinski definition) is 6. The highest BCUT2D eigenvalue weighted by molar-refractivity contribution is 6.11. The summed E-state index contributed by atoms with van der Waals surface area (Å²) in [5, 5.41) is 0. The van der Waals surface area contributed by atoms with Crippen molar-refractivity contribution in [1.29, 1.82) is 0 Å². The van der Waals surface area contributed by atoms with E-state index in [9.17, 15) is 19.2 Å². The van der Waals surface area contributed by atoms with Gasteiger partial charge in [-0.15, -0.1) is 0 Å². The van der Waals surface area contributed by atoms with Gasteiger partial charge in [0.1, 0.15) is 11.8 Å². The van der Waals surface area contributed by atoms with E-state index in [2.05, 4.69) is 0 Å². The molecule has 33 heavy (non-hydrogen) atoms. The molecule has 0 bridgehead atoms. The number of carbonyl (C=O) groups is 4. The van der Waals surface area contributed by atoms with Crippen molar-refractivity contribution in [2.24, 2.45) is 0 Å². The summed E-state index contributed by atoms with van der Waals surface area (Å²) < 4.78 is 10.3. The van der Waals surface area contributed by atoms with Crippen LogP contribution in [-0.4, -0.2) is 66.3 Å². The fraction of sp³-hybridized carbons (Fsp3) is 0.600. The van der Waals surface area contributed by atoms with Crippen LogP contribution in [0.15, 0.2) is 24.3 Å². The maximum absolute atomic E-state index is 13.9. The molecule has 0 aromatic heterocycles. The highest BCUT2D eigenvalue weighted by atomic mass is 16.5. The molecule has 0 radical (unpaired) electrons. The average molecular weight is 457 g/mol. The standard InChI is InChI=1S/C25H32N2O6/c1-32-19-11-7-8-17(14-19)25(16-22(29)27(24(25)31)18-9-3-4-10-18)15-21(28)26-13-6-5-12-20(26)23(30)33-2/h7-8,11,14,18,20H,3-6,9-10,12-13,15-16H2,1-2H3/t20-,25+/m0/s1. The number of esters is 1. The molecule has 0 unspecified atom stereocenters. The third-order valence-corrected chi connectivity index (χ3v) is 7.41. The molecule has 3 aliphatic rings. The van der Waals surface area contributed by atoms with E-state index in [1.54, 1.807) is 24.3 Å². The van der Waals surface area contributed by atoms with Gasteiger partial charge in [0.05, 0.1) is 19.6 Å². The molecule has 3 fully saturated rings. The first-order valence-corrected chi connectivity index (χ1v) is 11.8. The van der Waals surface area contributed by atoms with Gasteiger partial charge in [-0.2, -0.15) is 0 Å². The van der Waals surface area contributed by atoms with Crippen LogP contribution < -0.4 is 4.74 Å². The number of piperidine rings is 1. The Balaban J connectivity index is 1.70. The van der Waals surface area contributed by atoms with Crippen LogP contribution in [0.5, 0.6) is 5.75 Å². The zero-order valence-electron chi connectivity index (χ0n) is 19.4. The maximum atomic E-state index is 13.9. The van der Waals surface area contributed by atoms with Gasteiger partial charge in [0, 0.05) is 25.4 Å². The van der Waals surface area contributed by atoms with Gasteiger partial charge in [0.25, 0.3) is 0 Å². The molecule has 1 saturated carbocycles. The van der Waals surface area contributed by atoms with Crippen molar-refractivity contribution in [2.45, 2.75) is 75.3 Å². The van der Waals surface area contributed by atoms with E-state index in [0.29, 0.717) is 24.3 Å². The summed E-state index contributed by atoms with van der Waals surface area (Å²) >= 11 is 0. The molecule has 1 aliphatic carbocycles. The summed E-state index contributed by atoms with van der Waals surface area (Å²) in [5.74, 6) is -0.732. The van der Waals surface area contributed by atoms with Gasteiger partial charge in [-0.05, 0) is 49.8 Å². The molecule has 3 amide bonds. The average Bonchev–Trinajstić information content (AvgIpc) is 3.45. The largest absolute Gasteiger partial charge is 0.497 e. The number of carbonyl (C=O) groups excluding carboxylic acids is 4. The Morgan fingerprint density at radius 2 is 1.79 bits per heavy atom. The van der Waals surface area contributed by atoms with Gasteiger partial charge < -0.3 is 14.4 Å². The minimum absolute atomic E-state index is 0.0576. The van der Waals surface area contributed by atoms with Crippen LogP contribution >= 0.6 is 0 Å². The fourth-order valence-corrected chi connectivity index (χ4v) is 5.65. The van der Waals surface area contributed by atoms with Crippen molar-refractivity contribution in [1.82, 2.24) is 9.80 Å². The molecular formula is C25H32N2O6. The first-order chi connectivity index (χ1) is 15.9. The molecule has 2 saturated heterocycles. The van der Waals surface area contributed by atoms with Gasteiger partial charge in [-0.1, -0.05) is 25.0 Å². The molecule has 8 heteroatoms. The summed E-state index contributed by atoms with van der Waals surface area (Å²) in [6.45, 7) is 0.432. The van der Waals surface area contributed by atoms with Gasteiger partial charge in [0.2, 0.25) is 17.7 Å². The van der Waals surface area contributed by atoms with E-state index >= 15 is 0 Å². The Labute approximate surface area is 194 Å². The summed E-state index contributed by atoms with van der Waals surface area (Å²) in [4.78, 5) is 56.0. The first-order valence-electron chi connectivity index (χ1n) is 11.8. The Kier molecular flexibility index (Phi) is 6.72. The lowest BCUT2D eigenvalue weighted by atomic mass is 9.75. The predicted octanol–water partition coefficient (Wildman–Crippen LogP) is 2.58. The van der Waals surface area contributed by atoms with Crippen molar-refractivity contribution >= 4 is 23.7 Å². The molecule has 8 nitrogen and oxygen atoms in total. The highest BCUT2D eigenvalue weighted by Gasteiger charge is 2.56. The molecule has 0 N–H and O–H groups in total. The van der Waals surface area contributed by atoms with Crippen LogP contribution in [0.1, 0.15) is 63.4 Å². The van der Waals surface area contributed by atoms with E-state index < -0.39 is 17.4 Å². The van der Waals surface area contributed by atoms with E-state index in [1.165, 1.54) is 24.0 Å². The number of methoxy groups -OCH3 is 2.